The van der Waals surface area contributed by atoms with Crippen molar-refractivity contribution in [1.29, 1.82) is 0 Å². The fourth-order valence-corrected chi connectivity index (χ4v) is 3.76. The number of likely N-dealkylation sites (tertiary alicyclic amines) is 1. The Bertz CT molecular complexity index is 819. The van der Waals surface area contributed by atoms with Gasteiger partial charge in [-0.3, -0.25) is 9.47 Å². The third-order valence-electron chi connectivity index (χ3n) is 5.22. The Morgan fingerprint density at radius 2 is 2.00 bits per heavy atom. The van der Waals surface area contributed by atoms with Gasteiger partial charge in [0.2, 0.25) is 0 Å². The van der Waals surface area contributed by atoms with Crippen molar-refractivity contribution in [2.45, 2.75) is 38.9 Å². The number of guanidine groups is 1. The lowest BCUT2D eigenvalue weighted by Crippen LogP contribution is -2.42. The maximum absolute atomic E-state index is 13.0. The molecule has 7 nitrogen and oxygen atoms in total. The van der Waals surface area contributed by atoms with E-state index in [4.69, 9.17) is 4.74 Å². The van der Waals surface area contributed by atoms with E-state index in [9.17, 15) is 8.78 Å². The van der Waals surface area contributed by atoms with Crippen molar-refractivity contribution in [3.05, 3.63) is 48.0 Å². The molecular formula is C21H30F2N6O. The summed E-state index contributed by atoms with van der Waals surface area (Å²) in [5.41, 5.74) is 1.12. The third-order valence-corrected chi connectivity index (χ3v) is 5.22. The zero-order valence-electron chi connectivity index (χ0n) is 17.5. The van der Waals surface area contributed by atoms with Crippen LogP contribution in [0.1, 0.15) is 43.7 Å². The highest BCUT2D eigenvalue weighted by molar-refractivity contribution is 5.79. The number of hydrogen-bond donors (Lipinski definition) is 2. The second kappa shape index (κ2) is 10.9. The van der Waals surface area contributed by atoms with Crippen LogP contribution in [0.25, 0.3) is 0 Å². The number of ether oxygens (including phenoxy) is 1. The third kappa shape index (κ3) is 5.47. The summed E-state index contributed by atoms with van der Waals surface area (Å²) in [4.78, 5) is 10.9. The number of nitrogens with zero attached hydrogens (tertiary/aromatic N) is 4. The molecule has 2 N–H and O–H groups in total. The van der Waals surface area contributed by atoms with Crippen LogP contribution in [0.4, 0.5) is 8.78 Å². The van der Waals surface area contributed by atoms with E-state index >= 15 is 0 Å². The van der Waals surface area contributed by atoms with Crippen LogP contribution in [-0.4, -0.2) is 53.7 Å². The molecule has 0 aliphatic carbocycles. The topological polar surface area (TPSA) is 66.7 Å². The van der Waals surface area contributed by atoms with Gasteiger partial charge in [0, 0.05) is 31.0 Å². The molecule has 1 saturated heterocycles. The molecule has 0 amide bonds. The first-order valence-electron chi connectivity index (χ1n) is 10.3. The van der Waals surface area contributed by atoms with Crippen molar-refractivity contribution < 1.29 is 13.5 Å². The van der Waals surface area contributed by atoms with Crippen LogP contribution in [-0.2, 0) is 6.54 Å². The first kappa shape index (κ1) is 22.0. The highest BCUT2D eigenvalue weighted by atomic mass is 19.3. The van der Waals surface area contributed by atoms with Crippen molar-refractivity contribution in [1.82, 2.24) is 25.1 Å². The molecule has 1 fully saturated rings. The number of aromatic nitrogens is 2. The van der Waals surface area contributed by atoms with Gasteiger partial charge >= 0.3 is 6.55 Å². The normalized spacial score (nSPS) is 16.1. The van der Waals surface area contributed by atoms with Crippen LogP contribution >= 0.6 is 0 Å². The Hall–Kier alpha value is -2.68. The first-order chi connectivity index (χ1) is 14.6. The summed E-state index contributed by atoms with van der Waals surface area (Å²) >= 11 is 0. The van der Waals surface area contributed by atoms with Crippen LogP contribution in [0.3, 0.4) is 0 Å². The van der Waals surface area contributed by atoms with Gasteiger partial charge in [-0.25, -0.2) is 9.98 Å². The Morgan fingerprint density at radius 1 is 1.23 bits per heavy atom. The summed E-state index contributed by atoms with van der Waals surface area (Å²) in [6.07, 6.45) is 4.98. The summed E-state index contributed by atoms with van der Waals surface area (Å²) in [6.45, 7) is 2.76. The van der Waals surface area contributed by atoms with Gasteiger partial charge in [-0.1, -0.05) is 18.2 Å². The minimum Gasteiger partial charge on any atom is -0.496 e. The van der Waals surface area contributed by atoms with Crippen molar-refractivity contribution in [3.8, 4) is 5.75 Å². The number of nitrogens with one attached hydrogen (secondary N) is 2. The van der Waals surface area contributed by atoms with E-state index in [0.29, 0.717) is 19.0 Å². The standard InChI is InChI=1S/C21H30F2N6O/c1-3-24-21(27-15-19-25-10-13-29(19)20(22)23)26-14-17(28-11-6-7-12-28)16-8-4-5-9-18(16)30-2/h4-5,8-10,13,17,20H,3,6-7,11-12,14-15H2,1-2H3,(H2,24,26,27). The fraction of sp³-hybridized carbons (Fsp3) is 0.524. The van der Waals surface area contributed by atoms with E-state index in [1.807, 2.05) is 25.1 Å². The summed E-state index contributed by atoms with van der Waals surface area (Å²) < 4.78 is 32.5. The molecule has 164 valence electrons. The molecule has 3 rings (SSSR count). The lowest BCUT2D eigenvalue weighted by Gasteiger charge is -2.30. The molecule has 9 heteroatoms. The van der Waals surface area contributed by atoms with Gasteiger partial charge in [-0.2, -0.15) is 8.78 Å². The van der Waals surface area contributed by atoms with Gasteiger partial charge in [0.25, 0.3) is 0 Å². The van der Waals surface area contributed by atoms with Crippen LogP contribution in [0.15, 0.2) is 41.7 Å². The number of aliphatic imine (C=N–C) groups is 1. The van der Waals surface area contributed by atoms with E-state index in [0.717, 1.165) is 29.0 Å². The monoisotopic (exact) mass is 420 g/mol. The number of alkyl halides is 2. The second-order valence-electron chi connectivity index (χ2n) is 7.11. The summed E-state index contributed by atoms with van der Waals surface area (Å²) in [7, 11) is 1.68. The molecule has 0 saturated carbocycles. The fourth-order valence-electron chi connectivity index (χ4n) is 3.76. The van der Waals surface area contributed by atoms with Crippen LogP contribution < -0.4 is 15.4 Å². The number of methoxy groups -OCH3 is 1. The minimum absolute atomic E-state index is 0.0652. The lowest BCUT2D eigenvalue weighted by atomic mass is 10.0. The predicted octanol–water partition coefficient (Wildman–Crippen LogP) is 3.18. The molecule has 2 aromatic rings. The minimum atomic E-state index is -2.63. The molecule has 0 spiro atoms. The largest absolute Gasteiger partial charge is 0.496 e. The van der Waals surface area contributed by atoms with Gasteiger partial charge in [0.05, 0.1) is 13.2 Å². The highest BCUT2D eigenvalue weighted by Crippen LogP contribution is 2.31. The molecule has 30 heavy (non-hydrogen) atoms. The quantitative estimate of drug-likeness (QED) is 0.482. The molecule has 1 aliphatic heterocycles. The molecule has 0 radical (unpaired) electrons. The van der Waals surface area contributed by atoms with E-state index in [1.165, 1.54) is 25.2 Å². The zero-order chi connectivity index (χ0) is 21.3. The number of hydrogen-bond acceptors (Lipinski definition) is 4. The SMILES string of the molecule is CCNC(=NCc1nccn1C(F)F)NCC(c1ccccc1OC)N1CCCC1. The lowest BCUT2D eigenvalue weighted by molar-refractivity contribution is 0.0671. The average Bonchev–Trinajstić information content (AvgIpc) is 3.44. The zero-order valence-corrected chi connectivity index (χ0v) is 17.5. The van der Waals surface area contributed by atoms with Gasteiger partial charge in [-0.15, -0.1) is 0 Å². The number of imidazole rings is 1. The van der Waals surface area contributed by atoms with E-state index in [2.05, 4.69) is 31.6 Å². The van der Waals surface area contributed by atoms with Crippen molar-refractivity contribution in [3.63, 3.8) is 0 Å². The molecular weight excluding hydrogens is 390 g/mol. The molecule has 1 unspecified atom stereocenters. The maximum atomic E-state index is 13.0. The molecule has 2 heterocycles. The smallest absolute Gasteiger partial charge is 0.319 e. The number of para-hydroxylation sites is 1. The van der Waals surface area contributed by atoms with Gasteiger partial charge in [-0.05, 0) is 38.9 Å². The van der Waals surface area contributed by atoms with Crippen LogP contribution in [0.5, 0.6) is 5.75 Å². The van der Waals surface area contributed by atoms with E-state index < -0.39 is 6.55 Å². The second-order valence-corrected chi connectivity index (χ2v) is 7.11. The van der Waals surface area contributed by atoms with Gasteiger partial charge in [0.1, 0.15) is 18.1 Å². The van der Waals surface area contributed by atoms with Crippen LogP contribution in [0.2, 0.25) is 0 Å². The molecule has 1 aromatic heterocycles. The van der Waals surface area contributed by atoms with Gasteiger partial charge < -0.3 is 15.4 Å². The molecule has 0 bridgehead atoms. The number of rotatable bonds is 9. The molecule has 1 atom stereocenters. The molecule has 1 aliphatic rings. The first-order valence-corrected chi connectivity index (χ1v) is 10.3. The summed E-state index contributed by atoms with van der Waals surface area (Å²) in [5, 5.41) is 6.56. The Morgan fingerprint density at radius 3 is 2.70 bits per heavy atom. The number of halogens is 2. The van der Waals surface area contributed by atoms with Crippen LogP contribution in [0, 0.1) is 0 Å². The van der Waals surface area contributed by atoms with Crippen molar-refractivity contribution in [2.75, 3.05) is 33.3 Å². The Balaban J connectivity index is 1.74. The summed E-state index contributed by atoms with van der Waals surface area (Å²) in [5.74, 6) is 1.65. The average molecular weight is 421 g/mol. The predicted molar refractivity (Wildman–Crippen MR) is 113 cm³/mol. The van der Waals surface area contributed by atoms with Crippen molar-refractivity contribution >= 4 is 5.96 Å². The van der Waals surface area contributed by atoms with E-state index in [-0.39, 0.29) is 18.4 Å². The Labute approximate surface area is 176 Å². The number of benzene rings is 1. The van der Waals surface area contributed by atoms with Gasteiger partial charge in [0.15, 0.2) is 5.96 Å². The molecule has 1 aromatic carbocycles. The highest BCUT2D eigenvalue weighted by Gasteiger charge is 2.26. The summed E-state index contributed by atoms with van der Waals surface area (Å²) in [6, 6.07) is 8.17. The van der Waals surface area contributed by atoms with Crippen molar-refractivity contribution in [2.24, 2.45) is 4.99 Å². The maximum Gasteiger partial charge on any atom is 0.319 e. The van der Waals surface area contributed by atoms with E-state index in [1.54, 1.807) is 7.11 Å². The Kier molecular flexibility index (Phi) is 8.01.